The van der Waals surface area contributed by atoms with Crippen molar-refractivity contribution in [2.75, 3.05) is 39.3 Å². The number of hydrogen-bond donors (Lipinski definition) is 2. The van der Waals surface area contributed by atoms with Crippen molar-refractivity contribution >= 4 is 29.7 Å². The van der Waals surface area contributed by atoms with Crippen molar-refractivity contribution < 1.29 is 4.79 Å². The molecule has 0 bridgehead atoms. The number of halogens is 1. The fourth-order valence-electron chi connectivity index (χ4n) is 3.40. The third kappa shape index (κ3) is 4.92. The van der Waals surface area contributed by atoms with Gasteiger partial charge in [-0.2, -0.15) is 0 Å². The minimum Gasteiger partial charge on any atom is -0.352 e. The molecule has 1 fully saturated rings. The largest absolute Gasteiger partial charge is 0.352 e. The molecule has 3 rings (SSSR count). The summed E-state index contributed by atoms with van der Waals surface area (Å²) < 4.78 is 0. The summed E-state index contributed by atoms with van der Waals surface area (Å²) in [5.74, 6) is 0.897. The lowest BCUT2D eigenvalue weighted by atomic mass is 9.88. The van der Waals surface area contributed by atoms with Crippen molar-refractivity contribution in [3.05, 3.63) is 21.4 Å². The predicted octanol–water partition coefficient (Wildman–Crippen LogP) is 2.32. The van der Waals surface area contributed by atoms with Crippen LogP contribution in [0.15, 0.2) is 5.38 Å². The molecule has 2 aliphatic rings. The average Bonchev–Trinajstić information content (AvgIpc) is 2.95. The van der Waals surface area contributed by atoms with Gasteiger partial charge in [-0.1, -0.05) is 6.92 Å². The molecule has 0 radical (unpaired) electrons. The number of rotatable bonds is 5. The first-order valence-corrected chi connectivity index (χ1v) is 9.42. The van der Waals surface area contributed by atoms with E-state index in [1.165, 1.54) is 16.9 Å². The second kappa shape index (κ2) is 9.02. The summed E-state index contributed by atoms with van der Waals surface area (Å²) in [6.07, 6.45) is 4.47. The van der Waals surface area contributed by atoms with Crippen molar-refractivity contribution in [3.63, 3.8) is 0 Å². The number of piperazine rings is 1. The lowest BCUT2D eigenvalue weighted by molar-refractivity contribution is 0.0950. The Kier molecular flexibility index (Phi) is 7.34. The Labute approximate surface area is 149 Å². The van der Waals surface area contributed by atoms with Crippen LogP contribution in [-0.4, -0.2) is 50.1 Å². The fraction of sp³-hybridized carbons (Fsp3) is 0.706. The summed E-state index contributed by atoms with van der Waals surface area (Å²) in [5, 5.41) is 8.54. The summed E-state index contributed by atoms with van der Waals surface area (Å²) in [7, 11) is 0. The van der Waals surface area contributed by atoms with Crippen LogP contribution >= 0.6 is 23.7 Å². The molecule has 1 aromatic rings. The molecular weight excluding hydrogens is 330 g/mol. The fourth-order valence-corrected chi connectivity index (χ4v) is 4.65. The minimum atomic E-state index is 0. The minimum absolute atomic E-state index is 0. The molecule has 1 aliphatic heterocycles. The van der Waals surface area contributed by atoms with Gasteiger partial charge in [0.05, 0.1) is 5.56 Å². The molecule has 4 nitrogen and oxygen atoms in total. The molecule has 1 amide bonds. The third-order valence-electron chi connectivity index (χ3n) is 4.79. The first kappa shape index (κ1) is 18.7. The van der Waals surface area contributed by atoms with Crippen LogP contribution in [0.3, 0.4) is 0 Å². The van der Waals surface area contributed by atoms with E-state index < -0.39 is 0 Å². The maximum atomic E-state index is 12.4. The maximum Gasteiger partial charge on any atom is 0.252 e. The van der Waals surface area contributed by atoms with E-state index in [0.29, 0.717) is 0 Å². The topological polar surface area (TPSA) is 44.4 Å². The van der Waals surface area contributed by atoms with Gasteiger partial charge in [-0.3, -0.25) is 4.79 Å². The van der Waals surface area contributed by atoms with E-state index in [0.717, 1.165) is 70.0 Å². The van der Waals surface area contributed by atoms with Crippen LogP contribution in [0.1, 0.15) is 40.6 Å². The zero-order valence-corrected chi connectivity index (χ0v) is 15.5. The second-order valence-corrected chi connectivity index (χ2v) is 7.56. The number of nitrogens with zero attached hydrogens (tertiary/aromatic N) is 1. The van der Waals surface area contributed by atoms with Gasteiger partial charge in [0.1, 0.15) is 0 Å². The van der Waals surface area contributed by atoms with E-state index in [4.69, 9.17) is 0 Å². The highest BCUT2D eigenvalue weighted by Gasteiger charge is 2.22. The average molecular weight is 358 g/mol. The van der Waals surface area contributed by atoms with Gasteiger partial charge < -0.3 is 15.5 Å². The molecule has 6 heteroatoms. The van der Waals surface area contributed by atoms with E-state index in [2.05, 4.69) is 27.8 Å². The molecule has 1 aromatic heterocycles. The number of hydrogen-bond acceptors (Lipinski definition) is 4. The molecule has 0 saturated carbocycles. The number of fused-ring (bicyclic) bond motifs is 1. The Morgan fingerprint density at radius 2 is 2.22 bits per heavy atom. The zero-order valence-electron chi connectivity index (χ0n) is 13.9. The number of carbonyl (C=O) groups excluding carboxylic acids is 1. The molecule has 2 N–H and O–H groups in total. The SMILES string of the molecule is CC1CCc2c(C(=O)NCCCN3CCNCC3)csc2C1.Cl. The summed E-state index contributed by atoms with van der Waals surface area (Å²) in [6, 6.07) is 0. The molecular formula is C17H28ClN3OS. The Morgan fingerprint density at radius 1 is 1.43 bits per heavy atom. The highest BCUT2D eigenvalue weighted by molar-refractivity contribution is 7.10. The molecule has 1 atom stereocenters. The molecule has 1 aliphatic carbocycles. The van der Waals surface area contributed by atoms with Gasteiger partial charge in [0.15, 0.2) is 0 Å². The van der Waals surface area contributed by atoms with Crippen LogP contribution in [-0.2, 0) is 12.8 Å². The van der Waals surface area contributed by atoms with Gasteiger partial charge >= 0.3 is 0 Å². The summed E-state index contributed by atoms with van der Waals surface area (Å²) in [6.45, 7) is 8.61. The van der Waals surface area contributed by atoms with Gasteiger partial charge in [-0.15, -0.1) is 23.7 Å². The van der Waals surface area contributed by atoms with Gasteiger partial charge in [0.2, 0.25) is 0 Å². The smallest absolute Gasteiger partial charge is 0.252 e. The molecule has 1 saturated heterocycles. The standard InChI is InChI=1S/C17H27N3OS.ClH/c1-13-3-4-14-15(12-22-16(14)11-13)17(21)19-5-2-8-20-9-6-18-7-10-20;/h12-13,18H,2-11H2,1H3,(H,19,21);1H. The Morgan fingerprint density at radius 3 is 3.00 bits per heavy atom. The number of carbonyl (C=O) groups is 1. The molecule has 1 unspecified atom stereocenters. The van der Waals surface area contributed by atoms with Crippen molar-refractivity contribution in [2.45, 2.75) is 32.6 Å². The Balaban J connectivity index is 0.00000192. The van der Waals surface area contributed by atoms with Crippen LogP contribution in [0.5, 0.6) is 0 Å². The van der Waals surface area contributed by atoms with Crippen LogP contribution in [0.25, 0.3) is 0 Å². The highest BCUT2D eigenvalue weighted by Crippen LogP contribution is 2.32. The van der Waals surface area contributed by atoms with Crippen LogP contribution in [0.4, 0.5) is 0 Å². The first-order valence-electron chi connectivity index (χ1n) is 8.54. The van der Waals surface area contributed by atoms with E-state index >= 15 is 0 Å². The lowest BCUT2D eigenvalue weighted by Crippen LogP contribution is -2.44. The second-order valence-electron chi connectivity index (χ2n) is 6.60. The van der Waals surface area contributed by atoms with Gasteiger partial charge in [-0.05, 0) is 43.7 Å². The van der Waals surface area contributed by atoms with Crippen molar-refractivity contribution in [3.8, 4) is 0 Å². The number of nitrogens with one attached hydrogen (secondary N) is 2. The molecule has 2 heterocycles. The molecule has 130 valence electrons. The Hall–Kier alpha value is -0.620. The van der Waals surface area contributed by atoms with E-state index in [1.54, 1.807) is 11.3 Å². The van der Waals surface area contributed by atoms with Crippen LogP contribution in [0.2, 0.25) is 0 Å². The zero-order chi connectivity index (χ0) is 15.4. The number of amides is 1. The number of thiophene rings is 1. The monoisotopic (exact) mass is 357 g/mol. The van der Waals surface area contributed by atoms with Gasteiger partial charge in [0.25, 0.3) is 5.91 Å². The predicted molar refractivity (Wildman–Crippen MR) is 99.0 cm³/mol. The molecule has 0 spiro atoms. The van der Waals surface area contributed by atoms with Crippen molar-refractivity contribution in [1.82, 2.24) is 15.5 Å². The Bertz CT molecular complexity index is 514. The lowest BCUT2D eigenvalue weighted by Gasteiger charge is -2.27. The van der Waals surface area contributed by atoms with Crippen molar-refractivity contribution in [2.24, 2.45) is 5.92 Å². The maximum absolute atomic E-state index is 12.4. The van der Waals surface area contributed by atoms with E-state index in [1.807, 2.05) is 0 Å². The van der Waals surface area contributed by atoms with E-state index in [-0.39, 0.29) is 18.3 Å². The summed E-state index contributed by atoms with van der Waals surface area (Å²) in [4.78, 5) is 16.3. The normalized spacial score (nSPS) is 21.3. The summed E-state index contributed by atoms with van der Waals surface area (Å²) in [5.41, 5.74) is 2.26. The molecule has 0 aromatic carbocycles. The summed E-state index contributed by atoms with van der Waals surface area (Å²) >= 11 is 1.77. The van der Waals surface area contributed by atoms with Crippen molar-refractivity contribution in [1.29, 1.82) is 0 Å². The highest BCUT2D eigenvalue weighted by atomic mass is 35.5. The van der Waals surface area contributed by atoms with Gasteiger partial charge in [0, 0.05) is 43.0 Å². The van der Waals surface area contributed by atoms with Crippen LogP contribution < -0.4 is 10.6 Å². The molecule has 23 heavy (non-hydrogen) atoms. The van der Waals surface area contributed by atoms with E-state index in [9.17, 15) is 4.79 Å². The first-order chi connectivity index (χ1) is 10.7. The third-order valence-corrected chi connectivity index (χ3v) is 5.84. The van der Waals surface area contributed by atoms with Gasteiger partial charge in [-0.25, -0.2) is 0 Å². The van der Waals surface area contributed by atoms with Crippen LogP contribution in [0, 0.1) is 5.92 Å². The quantitative estimate of drug-likeness (QED) is 0.795.